The van der Waals surface area contributed by atoms with Crippen molar-refractivity contribution in [1.82, 2.24) is 10.2 Å². The van der Waals surface area contributed by atoms with Crippen LogP contribution in [0.2, 0.25) is 0 Å². The molecule has 3 heterocycles. The van der Waals surface area contributed by atoms with Crippen molar-refractivity contribution >= 4 is 23.5 Å². The Kier molecular flexibility index (Phi) is 3.42. The van der Waals surface area contributed by atoms with Gasteiger partial charge in [-0.1, -0.05) is 32.0 Å². The number of piperidine rings is 1. The lowest BCUT2D eigenvalue weighted by Crippen LogP contribution is -2.73. The third-order valence-electron chi connectivity index (χ3n) is 6.05. The second-order valence-electron chi connectivity index (χ2n) is 7.82. The monoisotopic (exact) mass is 341 g/mol. The number of nitrogens with zero attached hydrogens (tertiary/aromatic N) is 2. The van der Waals surface area contributed by atoms with Gasteiger partial charge in [0.2, 0.25) is 11.8 Å². The van der Waals surface area contributed by atoms with E-state index in [1.807, 2.05) is 18.2 Å². The van der Waals surface area contributed by atoms with Gasteiger partial charge < -0.3 is 4.90 Å². The van der Waals surface area contributed by atoms with Crippen molar-refractivity contribution in [2.75, 3.05) is 18.5 Å². The minimum Gasteiger partial charge on any atom is -0.366 e. The number of urea groups is 1. The van der Waals surface area contributed by atoms with Crippen LogP contribution in [0.25, 0.3) is 0 Å². The maximum Gasteiger partial charge on any atom is 0.330 e. The highest BCUT2D eigenvalue weighted by Crippen LogP contribution is 2.49. The Balaban J connectivity index is 1.92. The number of benzene rings is 1. The molecule has 6 heteroatoms. The molecule has 6 nitrogen and oxygen atoms in total. The standard InChI is InChI=1S/C19H23N3O3/c1-11-8-12(2)15-19(16(23)20-18(25)21(3)17(19)24)9-13-6-4-5-7-14(13)22(15)10-11/h4-7,11-12,15H,8-10H2,1-3H3,(H,20,23,25)/t11-,12+,15-,19+/m1/s1. The van der Waals surface area contributed by atoms with Crippen LogP contribution in [0.1, 0.15) is 25.8 Å². The molecule has 0 saturated carbocycles. The third kappa shape index (κ3) is 2.06. The molecule has 0 bridgehead atoms. The molecule has 25 heavy (non-hydrogen) atoms. The SMILES string of the molecule is C[C@@H]1C[C@H](C)[C@H]2N(C1)c1ccccc1C[C@@]21C(=O)NC(=O)N(C)C1=O. The Morgan fingerprint density at radius 1 is 1.16 bits per heavy atom. The maximum absolute atomic E-state index is 13.2. The van der Waals surface area contributed by atoms with E-state index in [1.165, 1.54) is 7.05 Å². The van der Waals surface area contributed by atoms with Crippen LogP contribution in [0.4, 0.5) is 10.5 Å². The zero-order chi connectivity index (χ0) is 17.9. The van der Waals surface area contributed by atoms with Gasteiger partial charge >= 0.3 is 6.03 Å². The van der Waals surface area contributed by atoms with E-state index in [2.05, 4.69) is 30.1 Å². The normalized spacial score (nSPS) is 34.7. The Morgan fingerprint density at radius 2 is 1.88 bits per heavy atom. The van der Waals surface area contributed by atoms with E-state index in [0.29, 0.717) is 12.3 Å². The molecular formula is C19H23N3O3. The number of amides is 4. The summed E-state index contributed by atoms with van der Waals surface area (Å²) < 4.78 is 0. The number of carbonyl (C=O) groups excluding carboxylic acids is 3. The Bertz CT molecular complexity index is 777. The van der Waals surface area contributed by atoms with E-state index in [9.17, 15) is 14.4 Å². The number of hydrogen-bond donors (Lipinski definition) is 1. The van der Waals surface area contributed by atoms with Crippen LogP contribution >= 0.6 is 0 Å². The summed E-state index contributed by atoms with van der Waals surface area (Å²) in [5.74, 6) is -0.178. The van der Waals surface area contributed by atoms with Crippen LogP contribution < -0.4 is 10.2 Å². The van der Waals surface area contributed by atoms with Crippen molar-refractivity contribution in [1.29, 1.82) is 0 Å². The molecular weight excluding hydrogens is 318 g/mol. The first kappa shape index (κ1) is 16.1. The number of imide groups is 2. The van der Waals surface area contributed by atoms with E-state index in [0.717, 1.165) is 29.1 Å². The molecule has 0 unspecified atom stereocenters. The molecule has 1 aromatic rings. The van der Waals surface area contributed by atoms with Gasteiger partial charge in [-0.2, -0.15) is 0 Å². The van der Waals surface area contributed by atoms with E-state index in [-0.39, 0.29) is 17.9 Å². The fourth-order valence-corrected chi connectivity index (χ4v) is 5.14. The largest absolute Gasteiger partial charge is 0.366 e. The molecule has 0 aliphatic carbocycles. The summed E-state index contributed by atoms with van der Waals surface area (Å²) in [7, 11) is 1.45. The molecule has 4 rings (SSSR count). The van der Waals surface area contributed by atoms with Crippen LogP contribution in [0.5, 0.6) is 0 Å². The van der Waals surface area contributed by atoms with Crippen LogP contribution in [0, 0.1) is 17.3 Å². The number of para-hydroxylation sites is 1. The lowest BCUT2D eigenvalue weighted by atomic mass is 9.62. The Labute approximate surface area is 147 Å². The zero-order valence-electron chi connectivity index (χ0n) is 14.8. The molecule has 4 atom stereocenters. The second kappa shape index (κ2) is 5.31. The lowest BCUT2D eigenvalue weighted by molar-refractivity contribution is -0.154. The Morgan fingerprint density at radius 3 is 2.64 bits per heavy atom. The molecule has 1 N–H and O–H groups in total. The molecule has 2 saturated heterocycles. The van der Waals surface area contributed by atoms with Crippen molar-refractivity contribution < 1.29 is 14.4 Å². The molecule has 3 aliphatic heterocycles. The van der Waals surface area contributed by atoms with E-state index >= 15 is 0 Å². The molecule has 0 radical (unpaired) electrons. The fraction of sp³-hybridized carbons (Fsp3) is 0.526. The van der Waals surface area contributed by atoms with Gasteiger partial charge in [-0.3, -0.25) is 19.8 Å². The van der Waals surface area contributed by atoms with Crippen LogP contribution in [-0.4, -0.2) is 42.4 Å². The van der Waals surface area contributed by atoms with Gasteiger partial charge in [0.15, 0.2) is 5.41 Å². The highest BCUT2D eigenvalue weighted by atomic mass is 16.2. The average Bonchev–Trinajstić information content (AvgIpc) is 2.57. The topological polar surface area (TPSA) is 69.7 Å². The molecule has 4 amide bonds. The summed E-state index contributed by atoms with van der Waals surface area (Å²) in [6.45, 7) is 5.13. The summed E-state index contributed by atoms with van der Waals surface area (Å²) >= 11 is 0. The maximum atomic E-state index is 13.2. The molecule has 3 aliphatic rings. The van der Waals surface area contributed by atoms with Gasteiger partial charge in [0.05, 0.1) is 6.04 Å². The quantitative estimate of drug-likeness (QED) is 0.731. The van der Waals surface area contributed by atoms with Crippen molar-refractivity contribution in [2.45, 2.75) is 32.7 Å². The van der Waals surface area contributed by atoms with Crippen molar-refractivity contribution in [3.63, 3.8) is 0 Å². The van der Waals surface area contributed by atoms with Crippen LogP contribution in [0.15, 0.2) is 24.3 Å². The molecule has 0 aromatic heterocycles. The van der Waals surface area contributed by atoms with Crippen LogP contribution in [0.3, 0.4) is 0 Å². The Hall–Kier alpha value is -2.37. The van der Waals surface area contributed by atoms with E-state index in [4.69, 9.17) is 0 Å². The first-order valence-corrected chi connectivity index (χ1v) is 8.84. The van der Waals surface area contributed by atoms with Crippen molar-refractivity contribution in [3.05, 3.63) is 29.8 Å². The van der Waals surface area contributed by atoms with Gasteiger partial charge in [0.25, 0.3) is 0 Å². The van der Waals surface area contributed by atoms with E-state index < -0.39 is 17.4 Å². The first-order chi connectivity index (χ1) is 11.9. The summed E-state index contributed by atoms with van der Waals surface area (Å²) in [4.78, 5) is 41.5. The second-order valence-corrected chi connectivity index (χ2v) is 7.82. The van der Waals surface area contributed by atoms with Gasteiger partial charge in [-0.25, -0.2) is 4.79 Å². The molecule has 1 spiro atoms. The molecule has 1 aromatic carbocycles. The minimum absolute atomic E-state index is 0.174. The van der Waals surface area contributed by atoms with Crippen molar-refractivity contribution in [2.24, 2.45) is 17.3 Å². The van der Waals surface area contributed by atoms with Gasteiger partial charge in [0, 0.05) is 19.3 Å². The number of carbonyl (C=O) groups is 3. The van der Waals surface area contributed by atoms with E-state index in [1.54, 1.807) is 0 Å². The number of rotatable bonds is 0. The summed E-state index contributed by atoms with van der Waals surface area (Å²) in [5, 5.41) is 2.42. The highest BCUT2D eigenvalue weighted by Gasteiger charge is 2.63. The molecule has 2 fully saturated rings. The lowest BCUT2D eigenvalue weighted by Gasteiger charge is -2.56. The van der Waals surface area contributed by atoms with Gasteiger partial charge in [-0.15, -0.1) is 0 Å². The third-order valence-corrected chi connectivity index (χ3v) is 6.05. The summed E-state index contributed by atoms with van der Waals surface area (Å²) in [6.07, 6.45) is 1.30. The smallest absolute Gasteiger partial charge is 0.330 e. The number of anilines is 1. The predicted molar refractivity (Wildman–Crippen MR) is 93.0 cm³/mol. The number of hydrogen-bond acceptors (Lipinski definition) is 4. The summed E-state index contributed by atoms with van der Waals surface area (Å²) in [6, 6.07) is 7.11. The number of nitrogens with one attached hydrogen (secondary N) is 1. The summed E-state index contributed by atoms with van der Waals surface area (Å²) in [5.41, 5.74) is 0.860. The van der Waals surface area contributed by atoms with Crippen LogP contribution in [-0.2, 0) is 16.0 Å². The zero-order valence-corrected chi connectivity index (χ0v) is 14.8. The number of barbiturate groups is 1. The minimum atomic E-state index is -1.24. The van der Waals surface area contributed by atoms with Gasteiger partial charge in [-0.05, 0) is 36.3 Å². The number of fused-ring (bicyclic) bond motifs is 4. The highest BCUT2D eigenvalue weighted by molar-refractivity contribution is 6.20. The molecule has 132 valence electrons. The fourth-order valence-electron chi connectivity index (χ4n) is 5.14. The average molecular weight is 341 g/mol. The van der Waals surface area contributed by atoms with Crippen molar-refractivity contribution in [3.8, 4) is 0 Å². The predicted octanol–water partition coefficient (Wildman–Crippen LogP) is 1.79. The van der Waals surface area contributed by atoms with Gasteiger partial charge in [0.1, 0.15) is 0 Å². The first-order valence-electron chi connectivity index (χ1n) is 8.84.